The summed E-state index contributed by atoms with van der Waals surface area (Å²) in [6.45, 7) is 3.48. The zero-order valence-corrected chi connectivity index (χ0v) is 21.7. The van der Waals surface area contributed by atoms with E-state index in [1.54, 1.807) is 42.5 Å². The maximum atomic E-state index is 12.8. The smallest absolute Gasteiger partial charge is 0.237 e. The topological polar surface area (TPSA) is 70.2 Å². The van der Waals surface area contributed by atoms with Gasteiger partial charge in [-0.1, -0.05) is 36.2 Å². The molecule has 0 aliphatic rings. The lowest BCUT2D eigenvalue weighted by Crippen LogP contribution is -2.24. The number of anilines is 3. The van der Waals surface area contributed by atoms with E-state index in [2.05, 4.69) is 16.0 Å². The highest BCUT2D eigenvalue weighted by Crippen LogP contribution is 2.30. The zero-order chi connectivity index (χ0) is 24.7. The molecule has 9 heteroatoms. The molecule has 1 amide bonds. The number of carbonyl (C=O) groups is 2. The second kappa shape index (κ2) is 12.2. The molecule has 0 aromatic heterocycles. The number of ketones is 1. The van der Waals surface area contributed by atoms with Crippen LogP contribution in [-0.4, -0.2) is 22.1 Å². The third kappa shape index (κ3) is 7.46. The van der Waals surface area contributed by atoms with E-state index >= 15 is 0 Å². The van der Waals surface area contributed by atoms with Gasteiger partial charge in [0.1, 0.15) is 0 Å². The van der Waals surface area contributed by atoms with Crippen molar-refractivity contribution < 1.29 is 9.59 Å². The molecule has 34 heavy (non-hydrogen) atoms. The van der Waals surface area contributed by atoms with Crippen LogP contribution in [0, 0.1) is 0 Å². The molecule has 3 aromatic carbocycles. The molecule has 0 bridgehead atoms. The summed E-state index contributed by atoms with van der Waals surface area (Å²) in [6.07, 6.45) is 0.635. The van der Waals surface area contributed by atoms with Crippen molar-refractivity contribution in [2.24, 2.45) is 0 Å². The van der Waals surface area contributed by atoms with Crippen molar-refractivity contribution in [3.05, 3.63) is 82.3 Å². The predicted octanol–water partition coefficient (Wildman–Crippen LogP) is 7.51. The summed E-state index contributed by atoms with van der Waals surface area (Å²) in [6, 6.07) is 19.7. The lowest BCUT2D eigenvalue weighted by Gasteiger charge is -2.16. The fraction of sp³-hybridized carbons (Fsp3) is 0.160. The van der Waals surface area contributed by atoms with E-state index in [-0.39, 0.29) is 16.9 Å². The van der Waals surface area contributed by atoms with Crippen LogP contribution >= 0.6 is 47.2 Å². The third-order valence-corrected chi connectivity index (χ3v) is 6.88. The van der Waals surface area contributed by atoms with Crippen LogP contribution in [0.2, 0.25) is 10.0 Å². The monoisotopic (exact) mass is 531 g/mol. The minimum atomic E-state index is -0.313. The fourth-order valence-electron chi connectivity index (χ4n) is 3.02. The van der Waals surface area contributed by atoms with E-state index in [9.17, 15) is 9.59 Å². The molecule has 176 valence electrons. The van der Waals surface area contributed by atoms with Gasteiger partial charge in [-0.3, -0.25) is 9.59 Å². The van der Waals surface area contributed by atoms with E-state index < -0.39 is 0 Å². The zero-order valence-electron chi connectivity index (χ0n) is 18.5. The van der Waals surface area contributed by atoms with E-state index in [1.807, 2.05) is 31.2 Å². The summed E-state index contributed by atoms with van der Waals surface area (Å²) in [5.41, 5.74) is 2.73. The van der Waals surface area contributed by atoms with Crippen molar-refractivity contribution in [2.75, 3.05) is 16.0 Å². The summed E-state index contributed by atoms with van der Waals surface area (Å²) in [7, 11) is 0. The first-order valence-electron chi connectivity index (χ1n) is 10.5. The van der Waals surface area contributed by atoms with Gasteiger partial charge < -0.3 is 16.0 Å². The van der Waals surface area contributed by atoms with Gasteiger partial charge in [0.25, 0.3) is 0 Å². The molecule has 0 saturated heterocycles. The summed E-state index contributed by atoms with van der Waals surface area (Å²) in [4.78, 5) is 25.2. The summed E-state index contributed by atoms with van der Waals surface area (Å²) in [5.74, 6) is -0.127. The Bertz CT molecular complexity index is 1200. The molecule has 0 heterocycles. The Morgan fingerprint density at radius 1 is 0.941 bits per heavy atom. The molecule has 3 aromatic rings. The van der Waals surface area contributed by atoms with Gasteiger partial charge >= 0.3 is 0 Å². The number of rotatable bonds is 8. The first kappa shape index (κ1) is 26.0. The number of hydrogen-bond donors (Lipinski definition) is 3. The standard InChI is InChI=1S/C25H23Cl2N3O2S2/c1-3-23(24(32)30-22-12-9-17(26)13-21(22)27)34-20-6-4-5-19(14-20)29-25(33)28-18-10-7-16(8-11-18)15(2)31/h4-14,23H,3H2,1-2H3,(H,30,32)(H2,28,29,33). The Hall–Kier alpha value is -2.58. The SMILES string of the molecule is CCC(Sc1cccc(NC(=S)Nc2ccc(C(C)=O)cc2)c1)C(=O)Nc1ccc(Cl)cc1Cl. The Kier molecular flexibility index (Phi) is 9.36. The van der Waals surface area contributed by atoms with Gasteiger partial charge in [0, 0.05) is 26.9 Å². The van der Waals surface area contributed by atoms with Crippen molar-refractivity contribution in [2.45, 2.75) is 30.4 Å². The van der Waals surface area contributed by atoms with Gasteiger partial charge in [0.05, 0.1) is 16.0 Å². The first-order chi connectivity index (χ1) is 16.2. The minimum absolute atomic E-state index is 0.0110. The Morgan fingerprint density at radius 2 is 1.65 bits per heavy atom. The number of amides is 1. The van der Waals surface area contributed by atoms with Crippen molar-refractivity contribution in [1.29, 1.82) is 0 Å². The summed E-state index contributed by atoms with van der Waals surface area (Å²) < 4.78 is 0. The number of hydrogen-bond acceptors (Lipinski definition) is 4. The number of thiocarbonyl (C=S) groups is 1. The van der Waals surface area contributed by atoms with Crippen LogP contribution in [0.15, 0.2) is 71.6 Å². The van der Waals surface area contributed by atoms with Gasteiger partial charge in [-0.25, -0.2) is 0 Å². The van der Waals surface area contributed by atoms with Crippen LogP contribution < -0.4 is 16.0 Å². The highest BCUT2D eigenvalue weighted by Gasteiger charge is 2.19. The molecule has 5 nitrogen and oxygen atoms in total. The van der Waals surface area contributed by atoms with Crippen LogP contribution in [0.1, 0.15) is 30.6 Å². The normalized spacial score (nSPS) is 11.4. The number of nitrogens with one attached hydrogen (secondary N) is 3. The molecule has 3 N–H and O–H groups in total. The van der Waals surface area contributed by atoms with Crippen molar-refractivity contribution in [3.8, 4) is 0 Å². The van der Waals surface area contributed by atoms with Gasteiger partial charge in [-0.15, -0.1) is 11.8 Å². The average Bonchev–Trinajstić information content (AvgIpc) is 2.79. The van der Waals surface area contributed by atoms with E-state index in [1.165, 1.54) is 18.7 Å². The quantitative estimate of drug-likeness (QED) is 0.158. The van der Waals surface area contributed by atoms with Crippen molar-refractivity contribution >= 4 is 81.0 Å². The molecule has 0 spiro atoms. The molecule has 1 unspecified atom stereocenters. The van der Waals surface area contributed by atoms with Gasteiger partial charge in [0.2, 0.25) is 5.91 Å². The largest absolute Gasteiger partial charge is 0.332 e. The van der Waals surface area contributed by atoms with Gasteiger partial charge in [-0.05, 0) is 86.2 Å². The van der Waals surface area contributed by atoms with Crippen molar-refractivity contribution in [3.63, 3.8) is 0 Å². The number of thioether (sulfide) groups is 1. The molecule has 3 rings (SSSR count). The fourth-order valence-corrected chi connectivity index (χ4v) is 4.72. The van der Waals surface area contributed by atoms with Gasteiger partial charge in [-0.2, -0.15) is 0 Å². The number of Topliss-reactive ketones (excluding diaryl/α,β-unsaturated/α-hetero) is 1. The maximum Gasteiger partial charge on any atom is 0.237 e. The minimum Gasteiger partial charge on any atom is -0.332 e. The van der Waals surface area contributed by atoms with Crippen LogP contribution in [0.25, 0.3) is 0 Å². The van der Waals surface area contributed by atoms with E-state index in [0.29, 0.717) is 32.8 Å². The van der Waals surface area contributed by atoms with Crippen LogP contribution in [0.4, 0.5) is 17.1 Å². The Labute approximate surface area is 218 Å². The molecular formula is C25H23Cl2N3O2S2. The van der Waals surface area contributed by atoms with Crippen LogP contribution in [-0.2, 0) is 4.79 Å². The predicted molar refractivity (Wildman–Crippen MR) is 148 cm³/mol. The maximum absolute atomic E-state index is 12.8. The van der Waals surface area contributed by atoms with Crippen LogP contribution in [0.3, 0.4) is 0 Å². The third-order valence-electron chi connectivity index (χ3n) is 4.77. The Balaban J connectivity index is 1.61. The molecule has 0 radical (unpaired) electrons. The highest BCUT2D eigenvalue weighted by atomic mass is 35.5. The lowest BCUT2D eigenvalue weighted by atomic mass is 10.1. The first-order valence-corrected chi connectivity index (χ1v) is 12.5. The molecular weight excluding hydrogens is 509 g/mol. The number of halogens is 2. The number of carbonyl (C=O) groups excluding carboxylic acids is 2. The van der Waals surface area contributed by atoms with E-state index in [0.717, 1.165) is 16.3 Å². The molecule has 1 atom stereocenters. The second-order valence-corrected chi connectivity index (χ2v) is 9.90. The number of benzene rings is 3. The Morgan fingerprint density at radius 3 is 2.29 bits per heavy atom. The highest BCUT2D eigenvalue weighted by molar-refractivity contribution is 8.00. The molecule has 0 aliphatic heterocycles. The lowest BCUT2D eigenvalue weighted by molar-refractivity contribution is -0.115. The molecule has 0 saturated carbocycles. The molecule has 0 fully saturated rings. The molecule has 0 aliphatic carbocycles. The van der Waals surface area contributed by atoms with Crippen LogP contribution in [0.5, 0.6) is 0 Å². The van der Waals surface area contributed by atoms with Crippen molar-refractivity contribution in [1.82, 2.24) is 0 Å². The summed E-state index contributed by atoms with van der Waals surface area (Å²) >= 11 is 19.0. The summed E-state index contributed by atoms with van der Waals surface area (Å²) in [5, 5.41) is 10.1. The van der Waals surface area contributed by atoms with Gasteiger partial charge in [0.15, 0.2) is 10.9 Å². The van der Waals surface area contributed by atoms with E-state index in [4.69, 9.17) is 35.4 Å². The average molecular weight is 533 g/mol. The second-order valence-electron chi connectivity index (χ2n) is 7.37.